The van der Waals surface area contributed by atoms with Crippen molar-refractivity contribution in [3.8, 4) is 0 Å². The minimum atomic E-state index is 0.530. The molecule has 4 rings (SSSR count). The van der Waals surface area contributed by atoms with Gasteiger partial charge in [-0.2, -0.15) is 9.97 Å². The SMILES string of the molecule is CCCNc1nc(Nc2ccc(N3CCOCC3)cc2)nc2nc[nH]c12. The lowest BCUT2D eigenvalue weighted by Gasteiger charge is -2.28. The van der Waals surface area contributed by atoms with Gasteiger partial charge in [0.1, 0.15) is 5.52 Å². The second-order valence-corrected chi connectivity index (χ2v) is 6.20. The molecular weight excluding hydrogens is 330 g/mol. The predicted octanol–water partition coefficient (Wildman–Crippen LogP) is 2.76. The molecule has 0 saturated carbocycles. The zero-order valence-corrected chi connectivity index (χ0v) is 14.8. The second kappa shape index (κ2) is 7.57. The summed E-state index contributed by atoms with van der Waals surface area (Å²) in [5.41, 5.74) is 3.61. The van der Waals surface area contributed by atoms with Gasteiger partial charge in [-0.05, 0) is 30.7 Å². The highest BCUT2D eigenvalue weighted by atomic mass is 16.5. The van der Waals surface area contributed by atoms with Crippen LogP contribution in [0.5, 0.6) is 0 Å². The van der Waals surface area contributed by atoms with Gasteiger partial charge < -0.3 is 25.3 Å². The summed E-state index contributed by atoms with van der Waals surface area (Å²) in [7, 11) is 0. The van der Waals surface area contributed by atoms with Crippen LogP contribution >= 0.6 is 0 Å². The van der Waals surface area contributed by atoms with Gasteiger partial charge in [-0.3, -0.25) is 0 Å². The van der Waals surface area contributed by atoms with Crippen LogP contribution in [0.15, 0.2) is 30.6 Å². The van der Waals surface area contributed by atoms with Crippen molar-refractivity contribution < 1.29 is 4.74 Å². The molecule has 0 radical (unpaired) electrons. The van der Waals surface area contributed by atoms with Gasteiger partial charge in [-0.1, -0.05) is 6.92 Å². The first-order valence-electron chi connectivity index (χ1n) is 8.98. The number of ether oxygens (including phenoxy) is 1. The molecule has 3 N–H and O–H groups in total. The van der Waals surface area contributed by atoms with E-state index in [9.17, 15) is 0 Å². The average Bonchev–Trinajstić information content (AvgIpc) is 3.16. The molecule has 8 heteroatoms. The molecule has 0 bridgehead atoms. The number of rotatable bonds is 6. The molecule has 0 spiro atoms. The Kier molecular flexibility index (Phi) is 4.83. The molecule has 8 nitrogen and oxygen atoms in total. The van der Waals surface area contributed by atoms with Crippen molar-refractivity contribution in [3.63, 3.8) is 0 Å². The Labute approximate surface area is 152 Å². The van der Waals surface area contributed by atoms with E-state index in [-0.39, 0.29) is 0 Å². The third-order valence-electron chi connectivity index (χ3n) is 4.33. The summed E-state index contributed by atoms with van der Waals surface area (Å²) in [5, 5.41) is 6.59. The van der Waals surface area contributed by atoms with Crippen LogP contribution in [0, 0.1) is 0 Å². The number of hydrogen-bond donors (Lipinski definition) is 3. The number of morpholine rings is 1. The Balaban J connectivity index is 1.52. The van der Waals surface area contributed by atoms with Crippen molar-refractivity contribution in [2.75, 3.05) is 48.4 Å². The van der Waals surface area contributed by atoms with E-state index in [1.165, 1.54) is 5.69 Å². The highest BCUT2D eigenvalue weighted by molar-refractivity contribution is 5.84. The molecule has 0 amide bonds. The molecule has 1 fully saturated rings. The number of imidazole rings is 1. The fourth-order valence-electron chi connectivity index (χ4n) is 2.97. The largest absolute Gasteiger partial charge is 0.378 e. The van der Waals surface area contributed by atoms with Crippen molar-refractivity contribution in [3.05, 3.63) is 30.6 Å². The monoisotopic (exact) mass is 353 g/mol. The number of nitrogens with one attached hydrogen (secondary N) is 3. The summed E-state index contributed by atoms with van der Waals surface area (Å²) in [5.74, 6) is 1.30. The Morgan fingerprint density at radius 1 is 1.15 bits per heavy atom. The Morgan fingerprint density at radius 2 is 1.96 bits per heavy atom. The fourth-order valence-corrected chi connectivity index (χ4v) is 2.97. The molecule has 1 saturated heterocycles. The normalized spacial score (nSPS) is 14.6. The lowest BCUT2D eigenvalue weighted by molar-refractivity contribution is 0.122. The van der Waals surface area contributed by atoms with E-state index in [1.807, 2.05) is 12.1 Å². The summed E-state index contributed by atoms with van der Waals surface area (Å²) >= 11 is 0. The number of aromatic nitrogens is 4. The summed E-state index contributed by atoms with van der Waals surface area (Å²) in [4.78, 5) is 18.7. The number of aromatic amines is 1. The molecular formula is C18H23N7O. The third kappa shape index (κ3) is 3.55. The van der Waals surface area contributed by atoms with Crippen LogP contribution in [0.4, 0.5) is 23.1 Å². The van der Waals surface area contributed by atoms with Gasteiger partial charge in [0.15, 0.2) is 11.5 Å². The van der Waals surface area contributed by atoms with Crippen LogP contribution in [0.3, 0.4) is 0 Å². The van der Waals surface area contributed by atoms with Gasteiger partial charge in [0.25, 0.3) is 0 Å². The first-order valence-corrected chi connectivity index (χ1v) is 8.98. The quantitative estimate of drug-likeness (QED) is 0.627. The van der Waals surface area contributed by atoms with Crippen LogP contribution in [0.25, 0.3) is 11.2 Å². The minimum Gasteiger partial charge on any atom is -0.378 e. The van der Waals surface area contributed by atoms with E-state index in [0.717, 1.165) is 56.3 Å². The number of fused-ring (bicyclic) bond motifs is 1. The van der Waals surface area contributed by atoms with E-state index in [4.69, 9.17) is 4.74 Å². The van der Waals surface area contributed by atoms with E-state index >= 15 is 0 Å². The maximum Gasteiger partial charge on any atom is 0.231 e. The standard InChI is InChI=1S/C18H23N7O/c1-2-7-19-16-15-17(21-12-20-15)24-18(23-16)22-13-3-5-14(6-4-13)25-8-10-26-11-9-25/h3-6,12H,2,7-11H2,1H3,(H3,19,20,21,22,23,24). The molecule has 3 heterocycles. The van der Waals surface area contributed by atoms with E-state index in [1.54, 1.807) is 6.33 Å². The lowest BCUT2D eigenvalue weighted by Crippen LogP contribution is -2.36. The lowest BCUT2D eigenvalue weighted by atomic mass is 10.2. The maximum absolute atomic E-state index is 5.41. The van der Waals surface area contributed by atoms with Crippen LogP contribution in [-0.2, 0) is 4.74 Å². The number of nitrogens with zero attached hydrogens (tertiary/aromatic N) is 4. The Hall–Kier alpha value is -2.87. The molecule has 1 aromatic carbocycles. The smallest absolute Gasteiger partial charge is 0.231 e. The van der Waals surface area contributed by atoms with Gasteiger partial charge in [0.2, 0.25) is 5.95 Å². The molecule has 1 aliphatic rings. The highest BCUT2D eigenvalue weighted by Crippen LogP contribution is 2.23. The minimum absolute atomic E-state index is 0.530. The first kappa shape index (κ1) is 16.6. The topological polar surface area (TPSA) is 91.0 Å². The molecule has 2 aromatic heterocycles. The number of benzene rings is 1. The molecule has 26 heavy (non-hydrogen) atoms. The summed E-state index contributed by atoms with van der Waals surface area (Å²) in [6, 6.07) is 8.30. The molecule has 3 aromatic rings. The Morgan fingerprint density at radius 3 is 2.73 bits per heavy atom. The zero-order chi connectivity index (χ0) is 17.8. The van der Waals surface area contributed by atoms with Crippen molar-refractivity contribution >= 4 is 34.3 Å². The summed E-state index contributed by atoms with van der Waals surface area (Å²) < 4.78 is 5.41. The van der Waals surface area contributed by atoms with Crippen molar-refractivity contribution in [2.45, 2.75) is 13.3 Å². The molecule has 1 aliphatic heterocycles. The zero-order valence-electron chi connectivity index (χ0n) is 14.8. The van der Waals surface area contributed by atoms with Crippen LogP contribution < -0.4 is 15.5 Å². The molecule has 136 valence electrons. The van der Waals surface area contributed by atoms with Crippen LogP contribution in [-0.4, -0.2) is 52.8 Å². The van der Waals surface area contributed by atoms with Gasteiger partial charge in [0, 0.05) is 31.0 Å². The first-order chi connectivity index (χ1) is 12.8. The predicted molar refractivity (Wildman–Crippen MR) is 103 cm³/mol. The maximum atomic E-state index is 5.41. The second-order valence-electron chi connectivity index (χ2n) is 6.20. The number of H-pyrrole nitrogens is 1. The van der Waals surface area contributed by atoms with Gasteiger partial charge >= 0.3 is 0 Å². The number of hydrogen-bond acceptors (Lipinski definition) is 7. The van der Waals surface area contributed by atoms with E-state index in [2.05, 4.69) is 54.5 Å². The van der Waals surface area contributed by atoms with E-state index in [0.29, 0.717) is 11.6 Å². The molecule has 0 unspecified atom stereocenters. The summed E-state index contributed by atoms with van der Waals surface area (Å²) in [6.45, 7) is 6.39. The van der Waals surface area contributed by atoms with Gasteiger partial charge in [-0.25, -0.2) is 4.98 Å². The average molecular weight is 353 g/mol. The third-order valence-corrected chi connectivity index (χ3v) is 4.33. The van der Waals surface area contributed by atoms with Gasteiger partial charge in [0.05, 0.1) is 19.5 Å². The van der Waals surface area contributed by atoms with Gasteiger partial charge in [-0.15, -0.1) is 0 Å². The molecule has 0 atom stereocenters. The van der Waals surface area contributed by atoms with Crippen molar-refractivity contribution in [1.82, 2.24) is 19.9 Å². The van der Waals surface area contributed by atoms with E-state index < -0.39 is 0 Å². The number of anilines is 4. The summed E-state index contributed by atoms with van der Waals surface area (Å²) in [6.07, 6.45) is 2.66. The Bertz CT molecular complexity index is 856. The van der Waals surface area contributed by atoms with Crippen LogP contribution in [0.2, 0.25) is 0 Å². The van der Waals surface area contributed by atoms with Crippen molar-refractivity contribution in [2.24, 2.45) is 0 Å². The fraction of sp³-hybridized carbons (Fsp3) is 0.389. The molecule has 0 aliphatic carbocycles. The highest BCUT2D eigenvalue weighted by Gasteiger charge is 2.12. The van der Waals surface area contributed by atoms with Crippen LogP contribution in [0.1, 0.15) is 13.3 Å². The van der Waals surface area contributed by atoms with Crippen molar-refractivity contribution in [1.29, 1.82) is 0 Å².